The normalized spacial score (nSPS) is 13.4. The molecule has 1 aliphatic rings. The molecule has 6 nitrogen and oxygen atoms in total. The first kappa shape index (κ1) is 17.0. The Hall–Kier alpha value is -1.86. The van der Waals surface area contributed by atoms with Crippen molar-refractivity contribution in [1.82, 2.24) is 0 Å². The minimum Gasteiger partial charge on any atom is -0.268 e. The number of hydrogen-bond acceptors (Lipinski definition) is 4. The van der Waals surface area contributed by atoms with E-state index >= 15 is 0 Å². The Kier molecular flexibility index (Phi) is 4.17. The molecule has 1 aliphatic heterocycles. The van der Waals surface area contributed by atoms with Crippen LogP contribution in [0.3, 0.4) is 0 Å². The summed E-state index contributed by atoms with van der Waals surface area (Å²) in [6.45, 7) is 0. The number of nitrogens with zero attached hydrogens (tertiary/aromatic N) is 2. The summed E-state index contributed by atoms with van der Waals surface area (Å²) in [5.74, 6) is -1.48. The summed E-state index contributed by atoms with van der Waals surface area (Å²) in [6.07, 6.45) is 0. The summed E-state index contributed by atoms with van der Waals surface area (Å²) in [6, 6.07) is 4.87. The lowest BCUT2D eigenvalue weighted by Crippen LogP contribution is -2.29. The second-order valence-corrected chi connectivity index (χ2v) is 6.24. The van der Waals surface area contributed by atoms with E-state index in [2.05, 4.69) is 0 Å². The quantitative estimate of drug-likeness (QED) is 0.231. The van der Waals surface area contributed by atoms with Crippen molar-refractivity contribution in [2.45, 2.75) is 0 Å². The van der Waals surface area contributed by atoms with Crippen molar-refractivity contribution in [1.29, 1.82) is 0 Å². The molecule has 0 aromatic heterocycles. The van der Waals surface area contributed by atoms with Crippen LogP contribution < -0.4 is 4.90 Å². The van der Waals surface area contributed by atoms with Crippen LogP contribution in [0.15, 0.2) is 24.3 Å². The van der Waals surface area contributed by atoms with E-state index in [1.165, 1.54) is 24.3 Å². The van der Waals surface area contributed by atoms with Crippen molar-refractivity contribution in [3.8, 4) is 0 Å². The maximum absolute atomic E-state index is 12.6. The number of anilines is 1. The predicted octanol–water partition coefficient (Wildman–Crippen LogP) is 5.01. The molecule has 0 spiro atoms. The van der Waals surface area contributed by atoms with Crippen LogP contribution in [0, 0.1) is 10.1 Å². The standard InChI is InChI=1S/C14H4Cl4N2O4/c15-9-7-8(10(16)12(18)11(9)17)14(22)19(13(7)21)5-1-3-6(4-2-5)20(23)24/h1-4H. The first-order chi connectivity index (χ1) is 11.3. The Labute approximate surface area is 154 Å². The smallest absolute Gasteiger partial charge is 0.268 e. The summed E-state index contributed by atoms with van der Waals surface area (Å²) < 4.78 is 0. The van der Waals surface area contributed by atoms with E-state index in [1.54, 1.807) is 0 Å². The molecular weight excluding hydrogens is 402 g/mol. The minimum atomic E-state index is -0.741. The molecule has 0 unspecified atom stereocenters. The van der Waals surface area contributed by atoms with Gasteiger partial charge in [-0.1, -0.05) is 46.4 Å². The van der Waals surface area contributed by atoms with Crippen LogP contribution in [0.2, 0.25) is 20.1 Å². The molecule has 2 aromatic rings. The maximum Gasteiger partial charge on any atom is 0.269 e. The third-order valence-electron chi connectivity index (χ3n) is 3.42. The van der Waals surface area contributed by atoms with Gasteiger partial charge in [0.25, 0.3) is 17.5 Å². The SMILES string of the molecule is O=C1c2c(Cl)c(Cl)c(Cl)c(Cl)c2C(=O)N1c1ccc([N+](=O)[O-])cc1. The van der Waals surface area contributed by atoms with Crippen molar-refractivity contribution >= 4 is 69.6 Å². The van der Waals surface area contributed by atoms with Crippen molar-refractivity contribution in [3.63, 3.8) is 0 Å². The van der Waals surface area contributed by atoms with Crippen molar-refractivity contribution < 1.29 is 14.5 Å². The van der Waals surface area contributed by atoms with Gasteiger partial charge in [-0.25, -0.2) is 4.90 Å². The van der Waals surface area contributed by atoms with Crippen LogP contribution in [-0.4, -0.2) is 16.7 Å². The van der Waals surface area contributed by atoms with Gasteiger partial charge in [-0.05, 0) is 12.1 Å². The molecule has 2 aromatic carbocycles. The zero-order valence-electron chi connectivity index (χ0n) is 11.3. The summed E-state index contributed by atoms with van der Waals surface area (Å²) in [4.78, 5) is 36.1. The number of rotatable bonds is 2. The summed E-state index contributed by atoms with van der Waals surface area (Å²) >= 11 is 23.9. The van der Waals surface area contributed by atoms with E-state index in [0.29, 0.717) is 0 Å². The molecule has 0 N–H and O–H groups in total. The van der Waals surface area contributed by atoms with Crippen molar-refractivity contribution in [2.24, 2.45) is 0 Å². The average molecular weight is 406 g/mol. The van der Waals surface area contributed by atoms with E-state index in [4.69, 9.17) is 46.4 Å². The van der Waals surface area contributed by atoms with E-state index in [9.17, 15) is 19.7 Å². The van der Waals surface area contributed by atoms with E-state index in [0.717, 1.165) is 4.90 Å². The number of carbonyl (C=O) groups is 2. The summed E-state index contributed by atoms with van der Waals surface area (Å²) in [5.41, 5.74) is -0.359. The highest BCUT2D eigenvalue weighted by Crippen LogP contribution is 2.45. The Morgan fingerprint density at radius 2 is 1.21 bits per heavy atom. The molecule has 3 rings (SSSR count). The Morgan fingerprint density at radius 3 is 1.58 bits per heavy atom. The van der Waals surface area contributed by atoms with Crippen LogP contribution >= 0.6 is 46.4 Å². The zero-order valence-corrected chi connectivity index (χ0v) is 14.4. The molecule has 0 bridgehead atoms. The molecule has 10 heteroatoms. The lowest BCUT2D eigenvalue weighted by molar-refractivity contribution is -0.384. The van der Waals surface area contributed by atoms with Gasteiger partial charge < -0.3 is 0 Å². The number of carbonyl (C=O) groups excluding carboxylic acids is 2. The molecular formula is C14H4Cl4N2O4. The number of nitro benzene ring substituents is 1. The molecule has 0 fully saturated rings. The zero-order chi connectivity index (χ0) is 17.8. The van der Waals surface area contributed by atoms with Crippen molar-refractivity contribution in [3.05, 3.63) is 65.6 Å². The van der Waals surface area contributed by atoms with Crippen LogP contribution in [0.25, 0.3) is 0 Å². The van der Waals surface area contributed by atoms with Gasteiger partial charge >= 0.3 is 0 Å². The molecule has 0 radical (unpaired) electrons. The summed E-state index contributed by atoms with van der Waals surface area (Å²) in [7, 11) is 0. The van der Waals surface area contributed by atoms with Gasteiger partial charge in [-0.2, -0.15) is 0 Å². The molecule has 1 heterocycles. The number of fused-ring (bicyclic) bond motifs is 1. The summed E-state index contributed by atoms with van der Waals surface area (Å²) in [5, 5.41) is 10.1. The maximum atomic E-state index is 12.6. The van der Waals surface area contributed by atoms with Gasteiger partial charge in [-0.3, -0.25) is 19.7 Å². The number of benzene rings is 2. The Balaban J connectivity index is 2.16. The van der Waals surface area contributed by atoms with Gasteiger partial charge in [-0.15, -0.1) is 0 Å². The molecule has 0 atom stereocenters. The predicted molar refractivity (Wildman–Crippen MR) is 90.7 cm³/mol. The Bertz CT molecular complexity index is 881. The van der Waals surface area contributed by atoms with Crippen LogP contribution in [0.4, 0.5) is 11.4 Å². The lowest BCUT2D eigenvalue weighted by Gasteiger charge is -2.13. The first-order valence-corrected chi connectivity index (χ1v) is 7.76. The highest BCUT2D eigenvalue weighted by molar-refractivity contribution is 6.56. The fraction of sp³-hybridized carbons (Fsp3) is 0. The number of non-ortho nitro benzene ring substituents is 1. The highest BCUT2D eigenvalue weighted by Gasteiger charge is 2.42. The molecule has 0 saturated heterocycles. The molecule has 24 heavy (non-hydrogen) atoms. The number of imide groups is 1. The van der Waals surface area contributed by atoms with Gasteiger partial charge in [0.05, 0.1) is 41.8 Å². The highest BCUT2D eigenvalue weighted by atomic mass is 35.5. The van der Waals surface area contributed by atoms with Gasteiger partial charge in [0, 0.05) is 12.1 Å². The number of nitro groups is 1. The first-order valence-electron chi connectivity index (χ1n) is 6.25. The third-order valence-corrected chi connectivity index (χ3v) is 5.22. The van der Waals surface area contributed by atoms with Crippen LogP contribution in [-0.2, 0) is 0 Å². The Morgan fingerprint density at radius 1 is 0.792 bits per heavy atom. The van der Waals surface area contributed by atoms with Gasteiger partial charge in [0.2, 0.25) is 0 Å². The largest absolute Gasteiger partial charge is 0.269 e. The molecule has 122 valence electrons. The fourth-order valence-electron chi connectivity index (χ4n) is 2.31. The molecule has 0 aliphatic carbocycles. The lowest BCUT2D eigenvalue weighted by atomic mass is 10.1. The van der Waals surface area contributed by atoms with E-state index < -0.39 is 16.7 Å². The second kappa shape index (κ2) is 5.89. The number of hydrogen-bond donors (Lipinski definition) is 0. The third kappa shape index (κ3) is 2.34. The second-order valence-electron chi connectivity index (χ2n) is 4.73. The van der Waals surface area contributed by atoms with Crippen molar-refractivity contribution in [2.75, 3.05) is 4.90 Å². The van der Waals surface area contributed by atoms with Crippen LogP contribution in [0.1, 0.15) is 20.7 Å². The van der Waals surface area contributed by atoms with E-state index in [-0.39, 0.29) is 42.6 Å². The fourth-order valence-corrected chi connectivity index (χ4v) is 3.32. The average Bonchev–Trinajstić information content (AvgIpc) is 2.82. The molecule has 0 saturated carbocycles. The monoisotopic (exact) mass is 404 g/mol. The minimum absolute atomic E-state index is 0.131. The number of amides is 2. The van der Waals surface area contributed by atoms with Crippen LogP contribution in [0.5, 0.6) is 0 Å². The molecule has 2 amide bonds. The van der Waals surface area contributed by atoms with Gasteiger partial charge in [0.15, 0.2) is 0 Å². The topological polar surface area (TPSA) is 80.5 Å². The van der Waals surface area contributed by atoms with E-state index in [1.807, 2.05) is 0 Å². The van der Waals surface area contributed by atoms with Gasteiger partial charge in [0.1, 0.15) is 0 Å². The number of halogens is 4.